The topological polar surface area (TPSA) is 86.7 Å². The molecule has 100 valence electrons. The van der Waals surface area contributed by atoms with Gasteiger partial charge in [0.1, 0.15) is 12.6 Å². The van der Waals surface area contributed by atoms with Gasteiger partial charge in [-0.15, -0.1) is 0 Å². The van der Waals surface area contributed by atoms with Crippen molar-refractivity contribution in [2.24, 2.45) is 0 Å². The summed E-state index contributed by atoms with van der Waals surface area (Å²) >= 11 is 0. The molecule has 1 aliphatic heterocycles. The fourth-order valence-electron chi connectivity index (χ4n) is 1.94. The number of benzene rings is 1. The molecule has 0 aliphatic carbocycles. The Hall–Kier alpha value is -2.37. The zero-order valence-electron chi connectivity index (χ0n) is 10.2. The van der Waals surface area contributed by atoms with Gasteiger partial charge >= 0.3 is 5.97 Å². The largest absolute Gasteiger partial charge is 0.480 e. The maximum Gasteiger partial charge on any atom is 0.323 e. The Bertz CT molecular complexity index is 501. The summed E-state index contributed by atoms with van der Waals surface area (Å²) in [5.74, 6) is -1.63. The van der Waals surface area contributed by atoms with Gasteiger partial charge in [0.05, 0.1) is 13.0 Å². The van der Waals surface area contributed by atoms with Crippen LogP contribution in [0.1, 0.15) is 5.56 Å². The lowest BCUT2D eigenvalue weighted by atomic mass is 10.1. The van der Waals surface area contributed by atoms with Gasteiger partial charge in [0, 0.05) is 0 Å². The zero-order chi connectivity index (χ0) is 13.8. The second kappa shape index (κ2) is 5.51. The molecular weight excluding hydrogens is 248 g/mol. The van der Waals surface area contributed by atoms with Crippen molar-refractivity contribution in [3.05, 3.63) is 35.9 Å². The summed E-state index contributed by atoms with van der Waals surface area (Å²) in [6.45, 7) is -0.0600. The number of rotatable bonds is 5. The van der Waals surface area contributed by atoms with E-state index in [1.54, 1.807) is 0 Å². The van der Waals surface area contributed by atoms with Crippen molar-refractivity contribution in [1.29, 1.82) is 0 Å². The van der Waals surface area contributed by atoms with E-state index in [1.807, 2.05) is 30.3 Å². The molecule has 0 spiro atoms. The number of β-lactam (4-membered cyclic amide) rings is 1. The van der Waals surface area contributed by atoms with E-state index in [9.17, 15) is 14.4 Å². The normalized spacial score (nSPS) is 17.8. The molecule has 1 aromatic carbocycles. The number of amides is 2. The summed E-state index contributed by atoms with van der Waals surface area (Å²) in [5, 5.41) is 11.1. The van der Waals surface area contributed by atoms with E-state index < -0.39 is 12.0 Å². The highest BCUT2D eigenvalue weighted by Gasteiger charge is 2.38. The third kappa shape index (κ3) is 3.31. The first-order valence-corrected chi connectivity index (χ1v) is 5.90. The maximum absolute atomic E-state index is 11.7. The summed E-state index contributed by atoms with van der Waals surface area (Å²) in [5.41, 5.74) is 0.870. The van der Waals surface area contributed by atoms with Crippen LogP contribution in [0.3, 0.4) is 0 Å². The molecular formula is C13H14N2O4. The van der Waals surface area contributed by atoms with Gasteiger partial charge < -0.3 is 15.3 Å². The average molecular weight is 262 g/mol. The van der Waals surface area contributed by atoms with Crippen molar-refractivity contribution in [2.75, 3.05) is 13.1 Å². The number of hydrogen-bond acceptors (Lipinski definition) is 3. The van der Waals surface area contributed by atoms with Gasteiger partial charge in [-0.3, -0.25) is 14.4 Å². The number of aliphatic carboxylic acids is 1. The minimum absolute atomic E-state index is 0.212. The van der Waals surface area contributed by atoms with Gasteiger partial charge in [0.2, 0.25) is 11.8 Å². The van der Waals surface area contributed by atoms with Gasteiger partial charge in [-0.2, -0.15) is 0 Å². The molecule has 1 fully saturated rings. The number of carboxylic acids is 1. The molecule has 0 bridgehead atoms. The molecule has 2 amide bonds. The molecule has 2 rings (SSSR count). The van der Waals surface area contributed by atoms with Crippen LogP contribution < -0.4 is 5.32 Å². The monoisotopic (exact) mass is 262 g/mol. The summed E-state index contributed by atoms with van der Waals surface area (Å²) in [6, 6.07) is 8.62. The lowest BCUT2D eigenvalue weighted by Gasteiger charge is -2.37. The van der Waals surface area contributed by atoms with E-state index in [4.69, 9.17) is 5.11 Å². The summed E-state index contributed by atoms with van der Waals surface area (Å²) in [6.07, 6.45) is 0.212. The number of hydrogen-bond donors (Lipinski definition) is 2. The van der Waals surface area contributed by atoms with E-state index >= 15 is 0 Å². The number of nitrogens with one attached hydrogen (secondary N) is 1. The Morgan fingerprint density at radius 3 is 2.58 bits per heavy atom. The van der Waals surface area contributed by atoms with Crippen LogP contribution in [-0.2, 0) is 20.8 Å². The molecule has 0 radical (unpaired) electrons. The molecule has 1 aliphatic rings. The first kappa shape index (κ1) is 13.1. The second-order valence-corrected chi connectivity index (χ2v) is 4.39. The van der Waals surface area contributed by atoms with Crippen LogP contribution >= 0.6 is 0 Å². The van der Waals surface area contributed by atoms with Crippen molar-refractivity contribution in [2.45, 2.75) is 12.5 Å². The highest BCUT2D eigenvalue weighted by Crippen LogP contribution is 2.10. The SMILES string of the molecule is O=C(O)CN1C[C@H](NC(=O)Cc2ccccc2)C1=O. The van der Waals surface area contributed by atoms with Gasteiger partial charge in [-0.1, -0.05) is 30.3 Å². The number of carbonyl (C=O) groups excluding carboxylic acids is 2. The molecule has 2 N–H and O–H groups in total. The third-order valence-corrected chi connectivity index (χ3v) is 2.88. The van der Waals surface area contributed by atoms with Gasteiger partial charge in [0.25, 0.3) is 0 Å². The van der Waals surface area contributed by atoms with E-state index in [0.29, 0.717) is 0 Å². The Kier molecular flexibility index (Phi) is 3.79. The van der Waals surface area contributed by atoms with Crippen LogP contribution in [0.2, 0.25) is 0 Å². The Balaban J connectivity index is 1.79. The number of carboxylic acid groups (broad SMARTS) is 1. The van der Waals surface area contributed by atoms with E-state index in [1.165, 1.54) is 4.90 Å². The van der Waals surface area contributed by atoms with E-state index in [0.717, 1.165) is 5.56 Å². The average Bonchev–Trinajstić information content (AvgIpc) is 2.38. The summed E-state index contributed by atoms with van der Waals surface area (Å²) < 4.78 is 0. The molecule has 6 heteroatoms. The second-order valence-electron chi connectivity index (χ2n) is 4.39. The van der Waals surface area contributed by atoms with Crippen LogP contribution in [0.15, 0.2) is 30.3 Å². The molecule has 19 heavy (non-hydrogen) atoms. The fraction of sp³-hybridized carbons (Fsp3) is 0.308. The van der Waals surface area contributed by atoms with Crippen molar-refractivity contribution in [3.63, 3.8) is 0 Å². The fourth-order valence-corrected chi connectivity index (χ4v) is 1.94. The third-order valence-electron chi connectivity index (χ3n) is 2.88. The molecule has 6 nitrogen and oxygen atoms in total. The van der Waals surface area contributed by atoms with Crippen LogP contribution in [-0.4, -0.2) is 46.9 Å². The van der Waals surface area contributed by atoms with Crippen LogP contribution in [0.4, 0.5) is 0 Å². The van der Waals surface area contributed by atoms with Gasteiger partial charge in [0.15, 0.2) is 0 Å². The van der Waals surface area contributed by atoms with E-state index in [2.05, 4.69) is 5.32 Å². The predicted molar refractivity (Wildman–Crippen MR) is 66.3 cm³/mol. The molecule has 1 atom stereocenters. The van der Waals surface area contributed by atoms with Crippen molar-refractivity contribution in [1.82, 2.24) is 10.2 Å². The highest BCUT2D eigenvalue weighted by atomic mass is 16.4. The number of carbonyl (C=O) groups is 3. The molecule has 1 aromatic rings. The number of likely N-dealkylation sites (tertiary alicyclic amines) is 1. The number of nitrogens with zero attached hydrogens (tertiary/aromatic N) is 1. The standard InChI is InChI=1S/C13H14N2O4/c16-11(6-9-4-2-1-3-5-9)14-10-7-15(13(10)19)8-12(17)18/h1-5,10H,6-8H2,(H,14,16)(H,17,18)/t10-/m0/s1. The molecule has 1 heterocycles. The smallest absolute Gasteiger partial charge is 0.323 e. The summed E-state index contributed by atoms with van der Waals surface area (Å²) in [4.78, 5) is 34.9. The summed E-state index contributed by atoms with van der Waals surface area (Å²) in [7, 11) is 0. The van der Waals surface area contributed by atoms with Crippen molar-refractivity contribution < 1.29 is 19.5 Å². The van der Waals surface area contributed by atoms with Crippen molar-refractivity contribution >= 4 is 17.8 Å². The van der Waals surface area contributed by atoms with Gasteiger partial charge in [-0.25, -0.2) is 0 Å². The maximum atomic E-state index is 11.7. The Morgan fingerprint density at radius 2 is 2.00 bits per heavy atom. The van der Waals surface area contributed by atoms with Crippen LogP contribution in [0.5, 0.6) is 0 Å². The van der Waals surface area contributed by atoms with E-state index in [-0.39, 0.29) is 31.3 Å². The highest BCUT2D eigenvalue weighted by molar-refractivity contribution is 5.94. The quantitative estimate of drug-likeness (QED) is 0.709. The van der Waals surface area contributed by atoms with Crippen molar-refractivity contribution in [3.8, 4) is 0 Å². The van der Waals surface area contributed by atoms with Crippen LogP contribution in [0, 0.1) is 0 Å². The Labute approximate surface area is 110 Å². The lowest BCUT2D eigenvalue weighted by Crippen LogP contribution is -2.64. The first-order chi connectivity index (χ1) is 9.06. The Morgan fingerprint density at radius 1 is 1.32 bits per heavy atom. The first-order valence-electron chi connectivity index (χ1n) is 5.90. The zero-order valence-corrected chi connectivity index (χ0v) is 10.2. The predicted octanol–water partition coefficient (Wildman–Crippen LogP) is -0.359. The van der Waals surface area contributed by atoms with Crippen LogP contribution in [0.25, 0.3) is 0 Å². The minimum Gasteiger partial charge on any atom is -0.480 e. The lowest BCUT2D eigenvalue weighted by molar-refractivity contribution is -0.153. The molecule has 0 unspecified atom stereocenters. The van der Waals surface area contributed by atoms with Gasteiger partial charge in [-0.05, 0) is 5.56 Å². The molecule has 1 saturated heterocycles. The molecule has 0 aromatic heterocycles. The molecule has 0 saturated carbocycles. The minimum atomic E-state index is -1.05.